The van der Waals surface area contributed by atoms with E-state index in [1.165, 1.54) is 193 Å². The number of ether oxygens (including phenoxy) is 2. The third kappa shape index (κ3) is 53.7. The minimum absolute atomic E-state index is 0.0293. The van der Waals surface area contributed by atoms with E-state index in [4.69, 9.17) is 18.5 Å². The number of unbranched alkanes of at least 4 members (excludes halogenated alkanes) is 35. The molecule has 0 radical (unpaired) electrons. The number of hydrogen-bond donors (Lipinski definition) is 0. The van der Waals surface area contributed by atoms with Crippen LogP contribution < -0.4 is 4.89 Å². The molecule has 0 aliphatic carbocycles. The molecule has 0 spiro atoms. The van der Waals surface area contributed by atoms with Crippen LogP contribution in [0.3, 0.4) is 0 Å². The maximum Gasteiger partial charge on any atom is 0.306 e. The Kier molecular flexibility index (Phi) is 48.4. The quantitative estimate of drug-likeness (QED) is 0.0195. The number of nitrogens with zero attached hydrogens (tertiary/aromatic N) is 1. The highest BCUT2D eigenvalue weighted by atomic mass is 31.2. The summed E-state index contributed by atoms with van der Waals surface area (Å²) in [5.41, 5.74) is 0. The lowest BCUT2D eigenvalue weighted by Crippen LogP contribution is -2.37. The van der Waals surface area contributed by atoms with Crippen molar-refractivity contribution in [1.29, 1.82) is 0 Å². The van der Waals surface area contributed by atoms with Crippen molar-refractivity contribution in [2.45, 2.75) is 283 Å². The maximum absolute atomic E-state index is 12.8. The average Bonchev–Trinajstić information content (AvgIpc) is 3.29. The summed E-state index contributed by atoms with van der Waals surface area (Å²) >= 11 is 0. The minimum atomic E-state index is -4.63. The molecule has 9 nitrogen and oxygen atoms in total. The van der Waals surface area contributed by atoms with Crippen molar-refractivity contribution in [2.24, 2.45) is 0 Å². The molecule has 0 rings (SSSR count). The number of carbonyl (C=O) groups excluding carboxylic acids is 2. The van der Waals surface area contributed by atoms with Gasteiger partial charge < -0.3 is 27.9 Å². The zero-order valence-electron chi connectivity index (χ0n) is 44.9. The van der Waals surface area contributed by atoms with Crippen molar-refractivity contribution in [2.75, 3.05) is 47.5 Å². The first-order valence-corrected chi connectivity index (χ1v) is 30.0. The number of likely N-dealkylation sites (N-methyl/N-ethyl adjacent to an activating group) is 1. The second-order valence-corrected chi connectivity index (χ2v) is 22.1. The van der Waals surface area contributed by atoms with E-state index < -0.39 is 26.5 Å². The van der Waals surface area contributed by atoms with Crippen LogP contribution in [-0.2, 0) is 32.7 Å². The van der Waals surface area contributed by atoms with Crippen molar-refractivity contribution < 1.29 is 42.1 Å². The Balaban J connectivity index is 4.13. The van der Waals surface area contributed by atoms with Crippen molar-refractivity contribution >= 4 is 19.8 Å². The molecule has 0 aromatic rings. The molecular weight excluding hydrogens is 858 g/mol. The predicted molar refractivity (Wildman–Crippen MR) is 282 cm³/mol. The van der Waals surface area contributed by atoms with Gasteiger partial charge in [-0.3, -0.25) is 14.2 Å². The number of phosphoric acid groups is 1. The van der Waals surface area contributed by atoms with E-state index in [2.05, 4.69) is 38.2 Å². The van der Waals surface area contributed by atoms with Crippen molar-refractivity contribution in [1.82, 2.24) is 0 Å². The van der Waals surface area contributed by atoms with E-state index in [-0.39, 0.29) is 32.0 Å². The van der Waals surface area contributed by atoms with Gasteiger partial charge in [0.05, 0.1) is 27.7 Å². The topological polar surface area (TPSA) is 111 Å². The van der Waals surface area contributed by atoms with Gasteiger partial charge in [0.1, 0.15) is 19.8 Å². The molecule has 2 unspecified atom stereocenters. The molecule has 67 heavy (non-hydrogen) atoms. The van der Waals surface area contributed by atoms with E-state index in [0.717, 1.165) is 51.4 Å². The summed E-state index contributed by atoms with van der Waals surface area (Å²) in [6, 6.07) is 0. The maximum atomic E-state index is 12.8. The van der Waals surface area contributed by atoms with Gasteiger partial charge in [-0.25, -0.2) is 0 Å². The number of rotatable bonds is 53. The molecule has 0 fully saturated rings. The highest BCUT2D eigenvalue weighted by Crippen LogP contribution is 2.38. The van der Waals surface area contributed by atoms with Gasteiger partial charge >= 0.3 is 11.9 Å². The van der Waals surface area contributed by atoms with Gasteiger partial charge in [-0.1, -0.05) is 244 Å². The van der Waals surface area contributed by atoms with Crippen molar-refractivity contribution in [3.8, 4) is 0 Å². The van der Waals surface area contributed by atoms with Crippen LogP contribution in [0, 0.1) is 0 Å². The number of esters is 2. The fourth-order valence-corrected chi connectivity index (χ4v) is 9.01. The van der Waals surface area contributed by atoms with Crippen LogP contribution in [0.15, 0.2) is 24.3 Å². The molecular formula is C57H110NO8P. The number of phosphoric ester groups is 1. The van der Waals surface area contributed by atoms with E-state index >= 15 is 0 Å². The largest absolute Gasteiger partial charge is 0.756 e. The zero-order valence-corrected chi connectivity index (χ0v) is 45.8. The van der Waals surface area contributed by atoms with Crippen LogP contribution in [0.1, 0.15) is 277 Å². The van der Waals surface area contributed by atoms with E-state index in [0.29, 0.717) is 17.4 Å². The Bertz CT molecular complexity index is 1190. The van der Waals surface area contributed by atoms with Crippen LogP contribution in [-0.4, -0.2) is 70.0 Å². The van der Waals surface area contributed by atoms with Crippen LogP contribution in [0.5, 0.6) is 0 Å². The fourth-order valence-electron chi connectivity index (χ4n) is 8.28. The molecule has 10 heteroatoms. The predicted octanol–water partition coefficient (Wildman–Crippen LogP) is 16.8. The minimum Gasteiger partial charge on any atom is -0.756 e. The summed E-state index contributed by atoms with van der Waals surface area (Å²) in [5.74, 6) is -0.823. The van der Waals surface area contributed by atoms with Crippen molar-refractivity contribution in [3.05, 3.63) is 24.3 Å². The third-order valence-electron chi connectivity index (χ3n) is 12.7. The Hall–Kier alpha value is -1.51. The van der Waals surface area contributed by atoms with Crippen LogP contribution >= 0.6 is 7.82 Å². The summed E-state index contributed by atoms with van der Waals surface area (Å²) in [7, 11) is 1.18. The molecule has 0 bridgehead atoms. The second-order valence-electron chi connectivity index (χ2n) is 20.7. The van der Waals surface area contributed by atoms with Gasteiger partial charge in [0, 0.05) is 12.8 Å². The van der Waals surface area contributed by atoms with E-state index in [1.54, 1.807) is 0 Å². The molecule has 0 amide bonds. The fraction of sp³-hybridized carbons (Fsp3) is 0.895. The Morgan fingerprint density at radius 3 is 1.21 bits per heavy atom. The Morgan fingerprint density at radius 1 is 0.463 bits per heavy atom. The summed E-state index contributed by atoms with van der Waals surface area (Å²) < 4.78 is 34.1. The molecule has 0 saturated carbocycles. The van der Waals surface area contributed by atoms with Gasteiger partial charge in [0.25, 0.3) is 7.82 Å². The lowest BCUT2D eigenvalue weighted by atomic mass is 10.0. The van der Waals surface area contributed by atoms with Gasteiger partial charge in [-0.15, -0.1) is 0 Å². The molecule has 0 N–H and O–H groups in total. The van der Waals surface area contributed by atoms with Gasteiger partial charge in [-0.2, -0.15) is 0 Å². The molecule has 0 saturated heterocycles. The van der Waals surface area contributed by atoms with E-state index in [9.17, 15) is 19.0 Å². The van der Waals surface area contributed by atoms with Crippen molar-refractivity contribution in [3.63, 3.8) is 0 Å². The summed E-state index contributed by atoms with van der Waals surface area (Å²) in [6.45, 7) is 4.26. The van der Waals surface area contributed by atoms with Gasteiger partial charge in [-0.05, 0) is 44.9 Å². The number of carbonyl (C=O) groups is 2. The number of quaternary nitrogens is 1. The monoisotopic (exact) mass is 968 g/mol. The summed E-state index contributed by atoms with van der Waals surface area (Å²) in [4.78, 5) is 37.8. The molecule has 0 aliphatic rings. The van der Waals surface area contributed by atoms with Gasteiger partial charge in [0.2, 0.25) is 0 Å². The highest BCUT2D eigenvalue weighted by molar-refractivity contribution is 7.45. The van der Waals surface area contributed by atoms with E-state index in [1.807, 2.05) is 21.1 Å². The average molecular weight is 968 g/mol. The normalized spacial score (nSPS) is 13.5. The molecule has 2 atom stereocenters. The first-order valence-electron chi connectivity index (χ1n) is 28.5. The standard InChI is InChI=1S/C57H110NO8P/c1-6-8-10-12-14-16-18-20-22-24-26-27-28-29-30-32-33-35-37-39-41-43-45-47-49-56(59)63-53-55(54-65-67(61,62)64-52-51-58(3,4)5)66-57(60)50-48-46-44-42-40-38-36-34-31-25-23-21-19-17-15-13-11-9-7-2/h15,17,21,23,55H,6-14,16,18-20,22,24-54H2,1-5H3/b17-15-,23-21-. The van der Waals surface area contributed by atoms with Gasteiger partial charge in [0.15, 0.2) is 6.10 Å². The lowest BCUT2D eigenvalue weighted by molar-refractivity contribution is -0.870. The Morgan fingerprint density at radius 2 is 0.806 bits per heavy atom. The summed E-state index contributed by atoms with van der Waals surface area (Å²) in [5, 5.41) is 0. The molecule has 396 valence electrons. The first kappa shape index (κ1) is 65.5. The zero-order chi connectivity index (χ0) is 49.2. The molecule has 0 aliphatic heterocycles. The van der Waals surface area contributed by atoms with Crippen LogP contribution in [0.25, 0.3) is 0 Å². The second kappa shape index (κ2) is 49.5. The molecule has 0 aromatic heterocycles. The third-order valence-corrected chi connectivity index (χ3v) is 13.7. The molecule has 0 aromatic carbocycles. The van der Waals surface area contributed by atoms with Crippen LogP contribution in [0.4, 0.5) is 0 Å². The van der Waals surface area contributed by atoms with Crippen LogP contribution in [0.2, 0.25) is 0 Å². The Labute approximate surface area is 415 Å². The number of hydrogen-bond acceptors (Lipinski definition) is 8. The smallest absolute Gasteiger partial charge is 0.306 e. The number of allylic oxidation sites excluding steroid dienone is 4. The molecule has 0 heterocycles. The first-order chi connectivity index (χ1) is 32.5. The summed E-state index contributed by atoms with van der Waals surface area (Å²) in [6.07, 6.45) is 57.9. The highest BCUT2D eigenvalue weighted by Gasteiger charge is 2.22. The lowest BCUT2D eigenvalue weighted by Gasteiger charge is -2.28. The SMILES string of the molecule is CCCCC/C=C\C/C=C\CCCCCCCCCCCC(=O)OC(COC(=O)CCCCCCCCCCCCCCCCCCCCCCCCCC)COP(=O)([O-])OCC[N+](C)(C)C.